The zero-order valence-corrected chi connectivity index (χ0v) is 14.6. The lowest BCUT2D eigenvalue weighted by molar-refractivity contribution is 0.223. The monoisotopic (exact) mass is 331 g/mol. The molecule has 1 aliphatic rings. The molecule has 132 valence electrons. The summed E-state index contributed by atoms with van der Waals surface area (Å²) in [5.74, 6) is 0.168. The third-order valence-corrected chi connectivity index (χ3v) is 4.60. The van der Waals surface area contributed by atoms with Crippen molar-refractivity contribution in [2.75, 3.05) is 20.2 Å². The van der Waals surface area contributed by atoms with Gasteiger partial charge in [0, 0.05) is 37.7 Å². The zero-order chi connectivity index (χ0) is 17.4. The lowest BCUT2D eigenvalue weighted by atomic mass is 10.1. The number of nitrogens with one attached hydrogen (secondary N) is 2. The molecule has 2 rings (SSSR count). The molecule has 2 amide bonds. The quantitative estimate of drug-likeness (QED) is 0.640. The second-order valence-corrected chi connectivity index (χ2v) is 6.61. The number of nitrogens with zero attached hydrogens (tertiary/aromatic N) is 1. The molecule has 1 aromatic carbocycles. The van der Waals surface area contributed by atoms with Crippen molar-refractivity contribution in [2.45, 2.75) is 38.4 Å². The molecule has 0 aliphatic heterocycles. The molecule has 0 heterocycles. The standard InChI is InChI=1S/C19H29N3O2/c1-15(22(2)13-16-6-4-3-5-7-16)10-11-20-19(24)21-18-9-8-17(12-18)14-23/h3-9,15,17-18,23H,10-14H2,1-2H3,(H2,20,21,24)/t15?,17-,18+/m0/s1. The van der Waals surface area contributed by atoms with Gasteiger partial charge in [0.1, 0.15) is 0 Å². The maximum atomic E-state index is 11.9. The Labute approximate surface area is 144 Å². The van der Waals surface area contributed by atoms with Gasteiger partial charge in [0.25, 0.3) is 0 Å². The topological polar surface area (TPSA) is 64.6 Å². The summed E-state index contributed by atoms with van der Waals surface area (Å²) in [4.78, 5) is 14.2. The molecule has 3 N–H and O–H groups in total. The molecule has 0 bridgehead atoms. The largest absolute Gasteiger partial charge is 0.396 e. The molecule has 5 heteroatoms. The fraction of sp³-hybridized carbons (Fsp3) is 0.526. The molecule has 1 unspecified atom stereocenters. The van der Waals surface area contributed by atoms with Crippen molar-refractivity contribution in [3.8, 4) is 0 Å². The number of aliphatic hydroxyl groups is 1. The van der Waals surface area contributed by atoms with Gasteiger partial charge in [-0.3, -0.25) is 4.90 Å². The summed E-state index contributed by atoms with van der Waals surface area (Å²) in [6.07, 6.45) is 5.60. The van der Waals surface area contributed by atoms with Crippen molar-refractivity contribution in [2.24, 2.45) is 5.92 Å². The van der Waals surface area contributed by atoms with Crippen LogP contribution in [0.25, 0.3) is 0 Å². The van der Waals surface area contributed by atoms with E-state index in [9.17, 15) is 4.79 Å². The van der Waals surface area contributed by atoms with Gasteiger partial charge in [-0.15, -0.1) is 0 Å². The number of urea groups is 1. The first-order valence-corrected chi connectivity index (χ1v) is 8.66. The van der Waals surface area contributed by atoms with Crippen LogP contribution in [0.15, 0.2) is 42.5 Å². The molecule has 0 fully saturated rings. The number of hydrogen-bond donors (Lipinski definition) is 3. The Morgan fingerprint density at radius 3 is 2.75 bits per heavy atom. The Balaban J connectivity index is 1.62. The first-order chi connectivity index (χ1) is 11.6. The SMILES string of the molecule is CC(CCNC(=O)N[C@@H]1C=C[C@H](CO)C1)N(C)Cc1ccccc1. The van der Waals surface area contributed by atoms with Crippen LogP contribution in [0.5, 0.6) is 0 Å². The van der Waals surface area contributed by atoms with E-state index in [1.165, 1.54) is 5.56 Å². The highest BCUT2D eigenvalue weighted by Gasteiger charge is 2.19. The normalized spacial score (nSPS) is 21.0. The summed E-state index contributed by atoms with van der Waals surface area (Å²) < 4.78 is 0. The summed E-state index contributed by atoms with van der Waals surface area (Å²) >= 11 is 0. The Kier molecular flexibility index (Phi) is 7.28. The van der Waals surface area contributed by atoms with Crippen molar-refractivity contribution in [3.05, 3.63) is 48.0 Å². The third kappa shape index (κ3) is 5.98. The number of hydrogen-bond acceptors (Lipinski definition) is 3. The number of rotatable bonds is 8. The van der Waals surface area contributed by atoms with Gasteiger partial charge in [0.15, 0.2) is 0 Å². The molecule has 24 heavy (non-hydrogen) atoms. The number of benzene rings is 1. The lowest BCUT2D eigenvalue weighted by Gasteiger charge is -2.25. The van der Waals surface area contributed by atoms with Crippen LogP contribution in [0.2, 0.25) is 0 Å². The molecule has 1 aliphatic carbocycles. The molecule has 5 nitrogen and oxygen atoms in total. The van der Waals surface area contributed by atoms with Gasteiger partial charge in [-0.05, 0) is 32.4 Å². The maximum Gasteiger partial charge on any atom is 0.315 e. The fourth-order valence-electron chi connectivity index (χ4n) is 2.88. The molecule has 0 aromatic heterocycles. The van der Waals surface area contributed by atoms with Crippen LogP contribution in [0.4, 0.5) is 4.79 Å². The van der Waals surface area contributed by atoms with E-state index >= 15 is 0 Å². The highest BCUT2D eigenvalue weighted by Crippen LogP contribution is 2.16. The minimum Gasteiger partial charge on any atom is -0.396 e. The summed E-state index contributed by atoms with van der Waals surface area (Å²) in [6, 6.07) is 10.7. The zero-order valence-electron chi connectivity index (χ0n) is 14.6. The van der Waals surface area contributed by atoms with Gasteiger partial charge in [-0.2, -0.15) is 0 Å². The minimum atomic E-state index is -0.138. The van der Waals surface area contributed by atoms with Gasteiger partial charge in [0.2, 0.25) is 0 Å². The van der Waals surface area contributed by atoms with Crippen LogP contribution < -0.4 is 10.6 Å². The summed E-state index contributed by atoms with van der Waals surface area (Å²) in [5, 5.41) is 14.9. The van der Waals surface area contributed by atoms with Crippen LogP contribution in [0, 0.1) is 5.92 Å². The van der Waals surface area contributed by atoms with Crippen molar-refractivity contribution >= 4 is 6.03 Å². The average molecular weight is 331 g/mol. The van der Waals surface area contributed by atoms with E-state index in [0.717, 1.165) is 19.4 Å². The van der Waals surface area contributed by atoms with E-state index < -0.39 is 0 Å². The number of amides is 2. The minimum absolute atomic E-state index is 0.0281. The Morgan fingerprint density at radius 2 is 2.08 bits per heavy atom. The molecule has 0 saturated heterocycles. The summed E-state index contributed by atoms with van der Waals surface area (Å²) in [7, 11) is 2.11. The van der Waals surface area contributed by atoms with Crippen LogP contribution in [0.3, 0.4) is 0 Å². The van der Waals surface area contributed by atoms with Gasteiger partial charge in [0.05, 0.1) is 0 Å². The molecule has 3 atom stereocenters. The van der Waals surface area contributed by atoms with Crippen molar-refractivity contribution < 1.29 is 9.90 Å². The van der Waals surface area contributed by atoms with Crippen LogP contribution in [-0.4, -0.2) is 48.3 Å². The van der Waals surface area contributed by atoms with Gasteiger partial charge >= 0.3 is 6.03 Å². The van der Waals surface area contributed by atoms with Crippen molar-refractivity contribution in [3.63, 3.8) is 0 Å². The van der Waals surface area contributed by atoms with E-state index in [1.54, 1.807) is 0 Å². The second kappa shape index (κ2) is 9.45. The first kappa shape index (κ1) is 18.5. The van der Waals surface area contributed by atoms with E-state index in [4.69, 9.17) is 5.11 Å². The molecule has 0 spiro atoms. The van der Waals surface area contributed by atoms with Crippen LogP contribution >= 0.6 is 0 Å². The fourth-order valence-corrected chi connectivity index (χ4v) is 2.88. The first-order valence-electron chi connectivity index (χ1n) is 8.66. The maximum absolute atomic E-state index is 11.9. The lowest BCUT2D eigenvalue weighted by Crippen LogP contribution is -2.42. The highest BCUT2D eigenvalue weighted by atomic mass is 16.3. The summed E-state index contributed by atoms with van der Waals surface area (Å²) in [6.45, 7) is 3.87. The van der Waals surface area contributed by atoms with Crippen molar-refractivity contribution in [1.82, 2.24) is 15.5 Å². The number of aliphatic hydroxyl groups excluding tert-OH is 1. The molecular weight excluding hydrogens is 302 g/mol. The second-order valence-electron chi connectivity index (χ2n) is 6.61. The predicted molar refractivity (Wildman–Crippen MR) is 96.6 cm³/mol. The van der Waals surface area contributed by atoms with E-state index in [0.29, 0.717) is 12.6 Å². The van der Waals surface area contributed by atoms with Crippen molar-refractivity contribution in [1.29, 1.82) is 0 Å². The highest BCUT2D eigenvalue weighted by molar-refractivity contribution is 5.74. The Bertz CT molecular complexity index is 533. The predicted octanol–water partition coefficient (Wildman–Crippen LogP) is 2.13. The Morgan fingerprint density at radius 1 is 1.33 bits per heavy atom. The molecule has 0 saturated carbocycles. The van der Waals surface area contributed by atoms with Crippen LogP contribution in [0.1, 0.15) is 25.3 Å². The summed E-state index contributed by atoms with van der Waals surface area (Å²) in [5.41, 5.74) is 1.30. The Hall–Kier alpha value is -1.85. The average Bonchev–Trinajstić information content (AvgIpc) is 3.03. The van der Waals surface area contributed by atoms with Gasteiger partial charge in [-0.1, -0.05) is 42.5 Å². The molecular formula is C19H29N3O2. The number of carbonyl (C=O) groups excluding carboxylic acids is 1. The number of carbonyl (C=O) groups is 1. The molecule has 1 aromatic rings. The van der Waals surface area contributed by atoms with Gasteiger partial charge in [-0.25, -0.2) is 4.79 Å². The van der Waals surface area contributed by atoms with E-state index in [1.807, 2.05) is 18.2 Å². The van der Waals surface area contributed by atoms with E-state index in [2.05, 4.69) is 53.8 Å². The van der Waals surface area contributed by atoms with Gasteiger partial charge < -0.3 is 15.7 Å². The smallest absolute Gasteiger partial charge is 0.315 e. The molecule has 0 radical (unpaired) electrons. The third-order valence-electron chi connectivity index (χ3n) is 4.60. The van der Waals surface area contributed by atoms with Crippen LogP contribution in [-0.2, 0) is 6.54 Å². The van der Waals surface area contributed by atoms with E-state index in [-0.39, 0.29) is 24.6 Å².